The summed E-state index contributed by atoms with van der Waals surface area (Å²) >= 11 is 0. The molecule has 0 saturated heterocycles. The van der Waals surface area contributed by atoms with Gasteiger partial charge in [0.1, 0.15) is 17.3 Å². The van der Waals surface area contributed by atoms with E-state index in [0.717, 1.165) is 11.1 Å². The summed E-state index contributed by atoms with van der Waals surface area (Å²) in [4.78, 5) is 20.1. The number of carbonyl (C=O) groups is 1. The number of pyridine rings is 1. The minimum atomic E-state index is -0.256. The van der Waals surface area contributed by atoms with Crippen molar-refractivity contribution in [2.45, 2.75) is 12.8 Å². The van der Waals surface area contributed by atoms with Crippen LogP contribution in [0.4, 0.5) is 4.39 Å². The minimum Gasteiger partial charge on any atom is -0.309 e. The number of rotatable bonds is 4. The average Bonchev–Trinajstić information content (AvgIpc) is 2.87. The van der Waals surface area contributed by atoms with Crippen molar-refractivity contribution in [2.75, 3.05) is 0 Å². The summed E-state index contributed by atoms with van der Waals surface area (Å²) in [6.07, 6.45) is 6.22. The molecule has 4 nitrogen and oxygen atoms in total. The summed E-state index contributed by atoms with van der Waals surface area (Å²) in [5, 5.41) is 2.74. The number of aromatic nitrogens is 1. The Bertz CT molecular complexity index is 754. The summed E-state index contributed by atoms with van der Waals surface area (Å²) in [6.45, 7) is 0. The molecular formula is C17H14FN3O. The molecule has 1 amide bonds. The first-order chi connectivity index (χ1) is 10.7. The molecule has 1 aliphatic heterocycles. The van der Waals surface area contributed by atoms with E-state index in [-0.39, 0.29) is 11.7 Å². The molecule has 5 heteroatoms. The van der Waals surface area contributed by atoms with Crippen molar-refractivity contribution in [2.24, 2.45) is 4.99 Å². The standard InChI is InChI=1S/C17H14FN3O/c18-14-3-1-2-12(10-14)4-5-16-20-15(17(22)21-16)11-13-6-8-19-9-7-13/h1-3,6-11H,4-5H2,(H,20,21,22)/b15-11+. The van der Waals surface area contributed by atoms with Crippen LogP contribution in [0.5, 0.6) is 0 Å². The predicted octanol–water partition coefficient (Wildman–Crippen LogP) is 2.72. The van der Waals surface area contributed by atoms with E-state index in [1.54, 1.807) is 36.7 Å². The Labute approximate surface area is 127 Å². The lowest BCUT2D eigenvalue weighted by Crippen LogP contribution is -2.24. The molecule has 1 aromatic carbocycles. The Balaban J connectivity index is 1.69. The van der Waals surface area contributed by atoms with Gasteiger partial charge in [0.15, 0.2) is 0 Å². The number of amides is 1. The number of hydrogen-bond donors (Lipinski definition) is 1. The van der Waals surface area contributed by atoms with E-state index in [4.69, 9.17) is 0 Å². The Morgan fingerprint density at radius 1 is 1.14 bits per heavy atom. The van der Waals surface area contributed by atoms with Gasteiger partial charge in [0, 0.05) is 18.8 Å². The Morgan fingerprint density at radius 2 is 1.95 bits per heavy atom. The highest BCUT2D eigenvalue weighted by molar-refractivity contribution is 6.14. The van der Waals surface area contributed by atoms with Crippen LogP contribution in [0.15, 0.2) is 59.5 Å². The summed E-state index contributed by atoms with van der Waals surface area (Å²) < 4.78 is 13.1. The highest BCUT2D eigenvalue weighted by Crippen LogP contribution is 2.14. The number of aryl methyl sites for hydroxylation is 1. The van der Waals surface area contributed by atoms with Crippen LogP contribution in [-0.2, 0) is 11.2 Å². The maximum Gasteiger partial charge on any atom is 0.275 e. The molecule has 0 spiro atoms. The van der Waals surface area contributed by atoms with Crippen molar-refractivity contribution < 1.29 is 9.18 Å². The maximum absolute atomic E-state index is 13.1. The lowest BCUT2D eigenvalue weighted by molar-refractivity contribution is -0.115. The Kier molecular flexibility index (Phi) is 4.05. The molecule has 0 aliphatic carbocycles. The van der Waals surface area contributed by atoms with Crippen LogP contribution in [-0.4, -0.2) is 16.7 Å². The smallest absolute Gasteiger partial charge is 0.275 e. The lowest BCUT2D eigenvalue weighted by atomic mass is 10.1. The zero-order valence-corrected chi connectivity index (χ0v) is 11.8. The minimum absolute atomic E-state index is 0.217. The summed E-state index contributed by atoms with van der Waals surface area (Å²) in [6, 6.07) is 10.0. The van der Waals surface area contributed by atoms with Crippen LogP contribution in [0.1, 0.15) is 17.5 Å². The molecule has 0 radical (unpaired) electrons. The van der Waals surface area contributed by atoms with Crippen molar-refractivity contribution in [3.05, 3.63) is 71.4 Å². The van der Waals surface area contributed by atoms with E-state index in [1.807, 2.05) is 6.07 Å². The van der Waals surface area contributed by atoms with Gasteiger partial charge in [0.05, 0.1) is 0 Å². The third-order valence-electron chi connectivity index (χ3n) is 3.29. The van der Waals surface area contributed by atoms with E-state index in [2.05, 4.69) is 15.3 Å². The van der Waals surface area contributed by atoms with Gasteiger partial charge in [-0.2, -0.15) is 0 Å². The second kappa shape index (κ2) is 6.30. The Morgan fingerprint density at radius 3 is 2.73 bits per heavy atom. The molecule has 0 fully saturated rings. The second-order valence-electron chi connectivity index (χ2n) is 4.95. The third-order valence-corrected chi connectivity index (χ3v) is 3.29. The van der Waals surface area contributed by atoms with E-state index in [0.29, 0.717) is 24.4 Å². The lowest BCUT2D eigenvalue weighted by Gasteiger charge is -2.01. The van der Waals surface area contributed by atoms with E-state index >= 15 is 0 Å². The first kappa shape index (κ1) is 14.1. The molecule has 2 aromatic rings. The first-order valence-corrected chi connectivity index (χ1v) is 6.96. The first-order valence-electron chi connectivity index (χ1n) is 6.96. The van der Waals surface area contributed by atoms with Crippen LogP contribution in [0.3, 0.4) is 0 Å². The fourth-order valence-electron chi connectivity index (χ4n) is 2.21. The highest BCUT2D eigenvalue weighted by Gasteiger charge is 2.19. The molecule has 1 aromatic heterocycles. The van der Waals surface area contributed by atoms with Gasteiger partial charge in [0.25, 0.3) is 5.91 Å². The number of hydrogen-bond acceptors (Lipinski definition) is 3. The van der Waals surface area contributed by atoms with Crippen molar-refractivity contribution in [3.63, 3.8) is 0 Å². The van der Waals surface area contributed by atoms with Crippen LogP contribution in [0, 0.1) is 5.82 Å². The molecule has 2 heterocycles. The summed E-state index contributed by atoms with van der Waals surface area (Å²) in [5.74, 6) is 0.133. The van der Waals surface area contributed by atoms with E-state index in [9.17, 15) is 9.18 Å². The number of nitrogens with one attached hydrogen (secondary N) is 1. The number of amidine groups is 1. The summed E-state index contributed by atoms with van der Waals surface area (Å²) in [7, 11) is 0. The van der Waals surface area contributed by atoms with Crippen LogP contribution >= 0.6 is 0 Å². The van der Waals surface area contributed by atoms with Crippen molar-refractivity contribution in [1.29, 1.82) is 0 Å². The quantitative estimate of drug-likeness (QED) is 0.882. The number of aliphatic imine (C=N–C) groups is 1. The van der Waals surface area contributed by atoms with Gasteiger partial charge in [-0.15, -0.1) is 0 Å². The fraction of sp³-hybridized carbons (Fsp3) is 0.118. The maximum atomic E-state index is 13.1. The number of carbonyl (C=O) groups excluding carboxylic acids is 1. The number of halogens is 1. The largest absolute Gasteiger partial charge is 0.309 e. The molecule has 0 unspecified atom stereocenters. The highest BCUT2D eigenvalue weighted by atomic mass is 19.1. The van der Waals surface area contributed by atoms with Crippen molar-refractivity contribution in [3.8, 4) is 0 Å². The third kappa shape index (κ3) is 3.44. The van der Waals surface area contributed by atoms with Crippen molar-refractivity contribution in [1.82, 2.24) is 10.3 Å². The van der Waals surface area contributed by atoms with Crippen LogP contribution < -0.4 is 5.32 Å². The molecule has 1 aliphatic rings. The predicted molar refractivity (Wildman–Crippen MR) is 82.5 cm³/mol. The van der Waals surface area contributed by atoms with Gasteiger partial charge >= 0.3 is 0 Å². The van der Waals surface area contributed by atoms with E-state index in [1.165, 1.54) is 12.1 Å². The van der Waals surface area contributed by atoms with Gasteiger partial charge in [0.2, 0.25) is 0 Å². The Hall–Kier alpha value is -2.82. The molecule has 0 atom stereocenters. The SMILES string of the molecule is O=C1NC(CCc2cccc(F)c2)=N/C1=C/c1ccncc1. The van der Waals surface area contributed by atoms with Gasteiger partial charge < -0.3 is 5.32 Å². The van der Waals surface area contributed by atoms with Crippen molar-refractivity contribution >= 4 is 17.8 Å². The van der Waals surface area contributed by atoms with E-state index < -0.39 is 0 Å². The molecule has 0 bridgehead atoms. The molecule has 110 valence electrons. The molecule has 3 rings (SSSR count). The van der Waals surface area contributed by atoms with Crippen LogP contribution in [0.25, 0.3) is 6.08 Å². The average molecular weight is 295 g/mol. The zero-order chi connectivity index (χ0) is 15.4. The molecular weight excluding hydrogens is 281 g/mol. The van der Waals surface area contributed by atoms with Gasteiger partial charge in [-0.05, 0) is 47.9 Å². The zero-order valence-electron chi connectivity index (χ0n) is 11.8. The second-order valence-corrected chi connectivity index (χ2v) is 4.95. The molecule has 0 saturated carbocycles. The van der Waals surface area contributed by atoms with Gasteiger partial charge in [-0.1, -0.05) is 12.1 Å². The summed E-state index contributed by atoms with van der Waals surface area (Å²) in [5.41, 5.74) is 2.12. The van der Waals surface area contributed by atoms with Gasteiger partial charge in [-0.3, -0.25) is 9.78 Å². The normalized spacial score (nSPS) is 15.8. The topological polar surface area (TPSA) is 54.4 Å². The van der Waals surface area contributed by atoms with Crippen LogP contribution in [0.2, 0.25) is 0 Å². The molecule has 1 N–H and O–H groups in total. The number of benzene rings is 1. The molecule has 22 heavy (non-hydrogen) atoms. The fourth-order valence-corrected chi connectivity index (χ4v) is 2.21. The number of nitrogens with zero attached hydrogens (tertiary/aromatic N) is 2. The monoisotopic (exact) mass is 295 g/mol. The van der Waals surface area contributed by atoms with Gasteiger partial charge in [-0.25, -0.2) is 9.38 Å².